The average Bonchev–Trinajstić information content (AvgIpc) is 2.47. The summed E-state index contributed by atoms with van der Waals surface area (Å²) >= 11 is 0. The topological polar surface area (TPSA) is 82.3 Å². The molecule has 1 amide bonds. The predicted molar refractivity (Wildman–Crippen MR) is 58.5 cm³/mol. The average molecular weight is 211 g/mol. The number of rotatable bonds is 3. The monoisotopic (exact) mass is 211 g/mol. The second-order valence-electron chi connectivity index (χ2n) is 4.32. The highest BCUT2D eigenvalue weighted by Gasteiger charge is 2.20. The number of nitrogen functional groups attached to an aromatic ring is 1. The number of aromatic nitrogens is 1. The number of H-pyrrole nitrogens is 1. The lowest BCUT2D eigenvalue weighted by Crippen LogP contribution is -2.39. The molecule has 0 saturated heterocycles. The summed E-state index contributed by atoms with van der Waals surface area (Å²) in [5.41, 5.74) is 5.55. The minimum Gasteiger partial charge on any atom is -0.397 e. The van der Waals surface area contributed by atoms with Crippen LogP contribution in [0.1, 0.15) is 24.3 Å². The van der Waals surface area contributed by atoms with Gasteiger partial charge in [-0.25, -0.2) is 0 Å². The van der Waals surface area contributed by atoms with Crippen molar-refractivity contribution in [2.24, 2.45) is 0 Å². The van der Waals surface area contributed by atoms with E-state index >= 15 is 0 Å². The van der Waals surface area contributed by atoms with Gasteiger partial charge in [-0.1, -0.05) is 0 Å². The molecule has 0 bridgehead atoms. The molecule has 1 aromatic rings. The number of carbonyl (C=O) groups excluding carboxylic acids is 1. The van der Waals surface area contributed by atoms with E-state index in [2.05, 4.69) is 4.98 Å². The number of aliphatic hydroxyl groups is 1. The van der Waals surface area contributed by atoms with Crippen LogP contribution >= 0.6 is 0 Å². The normalized spacial score (nSPS) is 11.5. The first kappa shape index (κ1) is 11.6. The number of amides is 1. The summed E-state index contributed by atoms with van der Waals surface area (Å²) in [4.78, 5) is 16.0. The molecule has 4 N–H and O–H groups in total. The molecule has 0 atom stereocenters. The van der Waals surface area contributed by atoms with Crippen LogP contribution in [-0.4, -0.2) is 40.1 Å². The van der Waals surface area contributed by atoms with Gasteiger partial charge in [0.2, 0.25) is 0 Å². The number of nitrogens with zero attached hydrogens (tertiary/aromatic N) is 1. The van der Waals surface area contributed by atoms with E-state index < -0.39 is 5.60 Å². The number of carbonyl (C=O) groups is 1. The first-order valence-corrected chi connectivity index (χ1v) is 4.71. The van der Waals surface area contributed by atoms with Gasteiger partial charge in [-0.2, -0.15) is 0 Å². The quantitative estimate of drug-likeness (QED) is 0.678. The summed E-state index contributed by atoms with van der Waals surface area (Å²) in [6, 6.07) is 1.57. The van der Waals surface area contributed by atoms with Crippen molar-refractivity contribution in [3.05, 3.63) is 18.0 Å². The first-order chi connectivity index (χ1) is 6.79. The van der Waals surface area contributed by atoms with Crippen molar-refractivity contribution in [3.8, 4) is 0 Å². The predicted octanol–water partition coefficient (Wildman–Crippen LogP) is 0.440. The highest BCUT2D eigenvalue weighted by molar-refractivity contribution is 5.93. The molecule has 0 fully saturated rings. The van der Waals surface area contributed by atoms with Gasteiger partial charge in [0.15, 0.2) is 0 Å². The van der Waals surface area contributed by atoms with Crippen LogP contribution in [0, 0.1) is 0 Å². The van der Waals surface area contributed by atoms with Crippen LogP contribution in [0.2, 0.25) is 0 Å². The lowest BCUT2D eigenvalue weighted by molar-refractivity contribution is 0.0365. The molecule has 5 heteroatoms. The molecule has 1 rings (SSSR count). The van der Waals surface area contributed by atoms with Gasteiger partial charge in [-0.15, -0.1) is 0 Å². The van der Waals surface area contributed by atoms with Gasteiger partial charge in [0.1, 0.15) is 5.69 Å². The molecule has 5 nitrogen and oxygen atoms in total. The molecule has 0 aliphatic rings. The van der Waals surface area contributed by atoms with E-state index in [0.717, 1.165) is 0 Å². The fourth-order valence-corrected chi connectivity index (χ4v) is 1.39. The molecule has 15 heavy (non-hydrogen) atoms. The Labute approximate surface area is 88.9 Å². The Bertz CT molecular complexity index is 352. The van der Waals surface area contributed by atoms with Crippen molar-refractivity contribution >= 4 is 11.6 Å². The summed E-state index contributed by atoms with van der Waals surface area (Å²) in [7, 11) is 1.64. The Balaban J connectivity index is 2.69. The van der Waals surface area contributed by atoms with E-state index in [4.69, 9.17) is 5.73 Å². The van der Waals surface area contributed by atoms with Crippen molar-refractivity contribution in [1.82, 2.24) is 9.88 Å². The summed E-state index contributed by atoms with van der Waals surface area (Å²) in [5.74, 6) is -0.186. The van der Waals surface area contributed by atoms with Gasteiger partial charge in [0, 0.05) is 25.5 Å². The highest BCUT2D eigenvalue weighted by Crippen LogP contribution is 2.10. The zero-order valence-electron chi connectivity index (χ0n) is 9.24. The second kappa shape index (κ2) is 3.94. The molecular weight excluding hydrogens is 194 g/mol. The molecule has 0 unspecified atom stereocenters. The van der Waals surface area contributed by atoms with E-state index in [1.54, 1.807) is 33.2 Å². The van der Waals surface area contributed by atoms with E-state index in [1.807, 2.05) is 0 Å². The lowest BCUT2D eigenvalue weighted by Gasteiger charge is -2.25. The number of hydrogen-bond acceptors (Lipinski definition) is 3. The third-order valence-corrected chi connectivity index (χ3v) is 1.91. The van der Waals surface area contributed by atoms with Gasteiger partial charge >= 0.3 is 0 Å². The fourth-order valence-electron chi connectivity index (χ4n) is 1.39. The van der Waals surface area contributed by atoms with Crippen molar-refractivity contribution in [3.63, 3.8) is 0 Å². The minimum absolute atomic E-state index is 0.186. The van der Waals surface area contributed by atoms with Gasteiger partial charge in [0.25, 0.3) is 5.91 Å². The van der Waals surface area contributed by atoms with E-state index in [9.17, 15) is 9.90 Å². The van der Waals surface area contributed by atoms with Crippen LogP contribution in [0.3, 0.4) is 0 Å². The van der Waals surface area contributed by atoms with Crippen LogP contribution in [0.4, 0.5) is 5.69 Å². The molecule has 0 aliphatic heterocycles. The van der Waals surface area contributed by atoms with Gasteiger partial charge < -0.3 is 20.7 Å². The lowest BCUT2D eigenvalue weighted by atomic mass is 10.1. The maximum absolute atomic E-state index is 11.8. The Hall–Kier alpha value is -1.49. The van der Waals surface area contributed by atoms with Crippen molar-refractivity contribution in [2.45, 2.75) is 19.4 Å². The van der Waals surface area contributed by atoms with Crippen LogP contribution in [0.25, 0.3) is 0 Å². The SMILES string of the molecule is CN(CC(C)(C)O)C(=O)c1cc(N)c[nH]1. The summed E-state index contributed by atoms with van der Waals surface area (Å²) in [6.45, 7) is 3.57. The number of nitrogens with two attached hydrogens (primary N) is 1. The van der Waals surface area contributed by atoms with Crippen molar-refractivity contribution < 1.29 is 9.90 Å². The van der Waals surface area contributed by atoms with Crippen LogP contribution in [-0.2, 0) is 0 Å². The third-order valence-electron chi connectivity index (χ3n) is 1.91. The number of anilines is 1. The molecule has 0 saturated carbocycles. The van der Waals surface area contributed by atoms with Gasteiger partial charge in [0.05, 0.1) is 5.60 Å². The second-order valence-corrected chi connectivity index (χ2v) is 4.32. The minimum atomic E-state index is -0.900. The molecule has 1 aromatic heterocycles. The van der Waals surface area contributed by atoms with Gasteiger partial charge in [-0.05, 0) is 19.9 Å². The number of aromatic amines is 1. The summed E-state index contributed by atoms with van der Waals surface area (Å²) in [6.07, 6.45) is 1.56. The third kappa shape index (κ3) is 3.28. The Kier molecular flexibility index (Phi) is 3.04. The molecule has 0 aliphatic carbocycles. The summed E-state index contributed by atoms with van der Waals surface area (Å²) < 4.78 is 0. The summed E-state index contributed by atoms with van der Waals surface area (Å²) in [5, 5.41) is 9.56. The van der Waals surface area contributed by atoms with Crippen molar-refractivity contribution in [1.29, 1.82) is 0 Å². The Morgan fingerprint density at radius 2 is 2.27 bits per heavy atom. The smallest absolute Gasteiger partial charge is 0.270 e. The van der Waals surface area contributed by atoms with E-state index in [0.29, 0.717) is 11.4 Å². The molecule has 0 aromatic carbocycles. The fraction of sp³-hybridized carbons (Fsp3) is 0.500. The molecular formula is C10H17N3O2. The Morgan fingerprint density at radius 1 is 1.67 bits per heavy atom. The number of nitrogens with one attached hydrogen (secondary N) is 1. The largest absolute Gasteiger partial charge is 0.397 e. The van der Waals surface area contributed by atoms with E-state index in [1.165, 1.54) is 4.90 Å². The first-order valence-electron chi connectivity index (χ1n) is 4.71. The van der Waals surface area contributed by atoms with Crippen LogP contribution < -0.4 is 5.73 Å². The standard InChI is InChI=1S/C10H17N3O2/c1-10(2,15)6-13(3)9(14)8-4-7(11)5-12-8/h4-5,12,15H,6,11H2,1-3H3. The Morgan fingerprint density at radius 3 is 2.67 bits per heavy atom. The molecule has 1 heterocycles. The van der Waals surface area contributed by atoms with E-state index in [-0.39, 0.29) is 12.5 Å². The maximum atomic E-state index is 11.8. The highest BCUT2D eigenvalue weighted by atomic mass is 16.3. The molecule has 0 radical (unpaired) electrons. The van der Waals surface area contributed by atoms with Crippen molar-refractivity contribution in [2.75, 3.05) is 19.3 Å². The number of hydrogen-bond donors (Lipinski definition) is 3. The van der Waals surface area contributed by atoms with Crippen LogP contribution in [0.5, 0.6) is 0 Å². The number of likely N-dealkylation sites (N-methyl/N-ethyl adjacent to an activating group) is 1. The van der Waals surface area contributed by atoms with Gasteiger partial charge in [-0.3, -0.25) is 4.79 Å². The zero-order chi connectivity index (χ0) is 11.6. The van der Waals surface area contributed by atoms with Crippen LogP contribution in [0.15, 0.2) is 12.3 Å². The molecule has 0 spiro atoms. The molecule has 84 valence electrons. The zero-order valence-corrected chi connectivity index (χ0v) is 9.24. The maximum Gasteiger partial charge on any atom is 0.270 e.